The molecular weight excluding hydrogens is 568 g/mol. The van der Waals surface area contributed by atoms with E-state index in [4.69, 9.17) is 29.9 Å². The Morgan fingerprint density at radius 1 is 0.391 bits per heavy atom. The molecule has 0 spiro atoms. The van der Waals surface area contributed by atoms with Crippen molar-refractivity contribution in [1.29, 1.82) is 0 Å². The Bertz CT molecular complexity index is 2410. The maximum absolute atomic E-state index is 5.25. The van der Waals surface area contributed by atoms with Gasteiger partial charge in [0.05, 0.1) is 22.4 Å². The molecule has 0 aliphatic heterocycles. The molecule has 0 saturated carbocycles. The van der Waals surface area contributed by atoms with Crippen molar-refractivity contribution in [2.45, 2.75) is 0 Å². The highest BCUT2D eigenvalue weighted by Gasteiger charge is 2.19. The van der Waals surface area contributed by atoms with Gasteiger partial charge in [-0.2, -0.15) is 0 Å². The average Bonchev–Trinajstić information content (AvgIpc) is 3.14. The number of aromatic nitrogens is 8. The fourth-order valence-electron chi connectivity index (χ4n) is 5.85. The summed E-state index contributed by atoms with van der Waals surface area (Å²) in [5.41, 5.74) is 7.96. The first-order valence-corrected chi connectivity index (χ1v) is 14.8. The van der Waals surface area contributed by atoms with Crippen LogP contribution in [-0.2, 0) is 0 Å². The van der Waals surface area contributed by atoms with Gasteiger partial charge in [0, 0.05) is 68.6 Å². The van der Waals surface area contributed by atoms with Crippen LogP contribution in [0.3, 0.4) is 0 Å². The Kier molecular flexibility index (Phi) is 5.95. The highest BCUT2D eigenvalue weighted by molar-refractivity contribution is 6.12. The van der Waals surface area contributed by atoms with Gasteiger partial charge in [-0.1, -0.05) is 72.8 Å². The van der Waals surface area contributed by atoms with Gasteiger partial charge in [-0.15, -0.1) is 0 Å². The van der Waals surface area contributed by atoms with Crippen molar-refractivity contribution in [1.82, 2.24) is 39.9 Å². The van der Waals surface area contributed by atoms with Crippen LogP contribution in [0.4, 0.5) is 0 Å². The van der Waals surface area contributed by atoms with Crippen LogP contribution in [0.15, 0.2) is 134 Å². The summed E-state index contributed by atoms with van der Waals surface area (Å²) in [5, 5.41) is 3.52. The van der Waals surface area contributed by atoms with E-state index in [1.165, 1.54) is 0 Å². The van der Waals surface area contributed by atoms with Crippen molar-refractivity contribution in [2.75, 3.05) is 0 Å². The van der Waals surface area contributed by atoms with Gasteiger partial charge in [-0.3, -0.25) is 0 Å². The van der Waals surface area contributed by atoms with Gasteiger partial charge in [0.25, 0.3) is 0 Å². The minimum absolute atomic E-state index is 0.568. The van der Waals surface area contributed by atoms with E-state index in [-0.39, 0.29) is 0 Å². The lowest BCUT2D eigenvalue weighted by Gasteiger charge is -2.14. The predicted octanol–water partition coefficient (Wildman–Crippen LogP) is 8.13. The Labute approximate surface area is 262 Å². The monoisotopic (exact) mass is 590 g/mol. The van der Waals surface area contributed by atoms with Gasteiger partial charge >= 0.3 is 0 Å². The summed E-state index contributed by atoms with van der Waals surface area (Å²) < 4.78 is 0. The molecule has 9 aromatic rings. The Morgan fingerprint density at radius 3 is 1.30 bits per heavy atom. The average molecular weight is 591 g/mol. The molecule has 214 valence electrons. The number of rotatable bonds is 4. The van der Waals surface area contributed by atoms with Gasteiger partial charge in [0.15, 0.2) is 22.9 Å². The predicted molar refractivity (Wildman–Crippen MR) is 181 cm³/mol. The summed E-state index contributed by atoms with van der Waals surface area (Å²) >= 11 is 0. The molecule has 0 fully saturated rings. The van der Waals surface area contributed by atoms with Crippen molar-refractivity contribution in [2.24, 2.45) is 0 Å². The maximum Gasteiger partial charge on any atom is 0.163 e. The van der Waals surface area contributed by atoms with Crippen LogP contribution in [0.2, 0.25) is 0 Å². The van der Waals surface area contributed by atoms with E-state index in [2.05, 4.69) is 46.4 Å². The van der Waals surface area contributed by atoms with Gasteiger partial charge < -0.3 is 0 Å². The third-order valence-corrected chi connectivity index (χ3v) is 8.09. The van der Waals surface area contributed by atoms with E-state index in [0.717, 1.165) is 66.2 Å². The molecule has 0 saturated heterocycles. The first kappa shape index (κ1) is 25.9. The molecule has 3 aromatic carbocycles. The fourth-order valence-corrected chi connectivity index (χ4v) is 5.85. The van der Waals surface area contributed by atoms with Gasteiger partial charge in [-0.25, -0.2) is 39.9 Å². The van der Waals surface area contributed by atoms with Crippen LogP contribution in [0.1, 0.15) is 0 Å². The quantitative estimate of drug-likeness (QED) is 0.189. The van der Waals surface area contributed by atoms with Crippen molar-refractivity contribution >= 4 is 43.9 Å². The smallest absolute Gasteiger partial charge is 0.163 e. The van der Waals surface area contributed by atoms with Crippen LogP contribution < -0.4 is 0 Å². The molecule has 0 aliphatic rings. The second kappa shape index (κ2) is 10.6. The van der Waals surface area contributed by atoms with E-state index in [1.54, 1.807) is 12.4 Å². The molecule has 0 aliphatic carbocycles. The molecule has 9 rings (SSSR count). The molecule has 0 unspecified atom stereocenters. The number of hydrogen-bond donors (Lipinski definition) is 0. The summed E-state index contributed by atoms with van der Waals surface area (Å²) in [5.74, 6) is 1.14. The van der Waals surface area contributed by atoms with Crippen LogP contribution in [0.5, 0.6) is 0 Å². The molecule has 46 heavy (non-hydrogen) atoms. The maximum atomic E-state index is 5.25. The number of hydrogen-bond acceptors (Lipinski definition) is 8. The molecule has 0 radical (unpaired) electrons. The first-order valence-electron chi connectivity index (χ1n) is 14.8. The van der Waals surface area contributed by atoms with Crippen LogP contribution >= 0.6 is 0 Å². The molecule has 0 N–H and O–H groups in total. The zero-order valence-electron chi connectivity index (χ0n) is 24.3. The van der Waals surface area contributed by atoms with Gasteiger partial charge in [0.1, 0.15) is 0 Å². The Hall–Kier alpha value is -6.54. The Morgan fingerprint density at radius 2 is 0.848 bits per heavy atom. The molecule has 6 heterocycles. The molecule has 8 nitrogen and oxygen atoms in total. The highest BCUT2D eigenvalue weighted by atomic mass is 14.9. The van der Waals surface area contributed by atoms with Crippen LogP contribution in [0.25, 0.3) is 89.2 Å². The third kappa shape index (κ3) is 4.39. The molecule has 6 aromatic heterocycles. The molecule has 0 atom stereocenters. The summed E-state index contributed by atoms with van der Waals surface area (Å²) in [6.07, 6.45) is 7.12. The molecule has 0 bridgehead atoms. The van der Waals surface area contributed by atoms with Crippen molar-refractivity contribution < 1.29 is 0 Å². The second-order valence-corrected chi connectivity index (χ2v) is 10.9. The minimum Gasteiger partial charge on any atom is -0.245 e. The third-order valence-electron chi connectivity index (χ3n) is 8.09. The summed E-state index contributed by atoms with van der Waals surface area (Å²) in [7, 11) is 0. The molecular formula is C38H22N8. The molecule has 0 amide bonds. The fraction of sp³-hybridized carbons (Fsp3) is 0. The lowest BCUT2D eigenvalue weighted by molar-refractivity contribution is 1.19. The minimum atomic E-state index is 0.568. The highest BCUT2D eigenvalue weighted by Crippen LogP contribution is 2.38. The standard InChI is InChI=1S/C38H22N8/c1-3-9-23(10-4-1)31-19-29(37-41-21-25-13-7-17-39-35(25)45-37)27-15-16-28-30(38-42-22-26-14-8-18-40-36(26)46-38)20-32(24-11-5-2-6-12-24)44-34(28)33(27)43-31/h1-22H. The van der Waals surface area contributed by atoms with E-state index >= 15 is 0 Å². The summed E-state index contributed by atoms with van der Waals surface area (Å²) in [4.78, 5) is 38.8. The number of fused-ring (bicyclic) bond motifs is 5. The topological polar surface area (TPSA) is 103 Å². The lowest BCUT2D eigenvalue weighted by Crippen LogP contribution is -1.99. The number of nitrogens with zero attached hydrogens (tertiary/aromatic N) is 8. The van der Waals surface area contributed by atoms with E-state index in [9.17, 15) is 0 Å². The van der Waals surface area contributed by atoms with Crippen LogP contribution in [-0.4, -0.2) is 39.9 Å². The summed E-state index contributed by atoms with van der Waals surface area (Å²) in [6.45, 7) is 0. The van der Waals surface area contributed by atoms with Gasteiger partial charge in [0.2, 0.25) is 0 Å². The zero-order chi connectivity index (χ0) is 30.5. The zero-order valence-corrected chi connectivity index (χ0v) is 24.3. The van der Waals surface area contributed by atoms with Crippen molar-refractivity contribution in [3.8, 4) is 45.3 Å². The molecule has 8 heteroatoms. The SMILES string of the molecule is c1ccc(-c2cc(-c3ncc4cccnc4n3)c3ccc4c(-c5ncc6cccnc6n5)cc(-c5ccccc5)nc4c3n2)cc1. The summed E-state index contributed by atoms with van der Waals surface area (Å²) in [6, 6.07) is 36.2. The van der Waals surface area contributed by atoms with E-state index in [1.807, 2.05) is 85.2 Å². The largest absolute Gasteiger partial charge is 0.245 e. The lowest BCUT2D eigenvalue weighted by atomic mass is 9.98. The van der Waals surface area contributed by atoms with E-state index in [0.29, 0.717) is 22.9 Å². The normalized spacial score (nSPS) is 11.5. The number of pyridine rings is 4. The first-order chi connectivity index (χ1) is 22.8. The van der Waals surface area contributed by atoms with Crippen molar-refractivity contribution in [3.05, 3.63) is 134 Å². The second-order valence-electron chi connectivity index (χ2n) is 10.9. The Balaban J connectivity index is 1.39. The van der Waals surface area contributed by atoms with Crippen LogP contribution in [0, 0.1) is 0 Å². The van der Waals surface area contributed by atoms with E-state index < -0.39 is 0 Å². The number of benzene rings is 3. The van der Waals surface area contributed by atoms with Gasteiger partial charge in [-0.05, 0) is 36.4 Å². The van der Waals surface area contributed by atoms with Crippen molar-refractivity contribution in [3.63, 3.8) is 0 Å².